The molecule has 0 bridgehead atoms. The van der Waals surface area contributed by atoms with Crippen molar-refractivity contribution in [3.05, 3.63) is 12.2 Å². The summed E-state index contributed by atoms with van der Waals surface area (Å²) in [6.45, 7) is 2.14. The zero-order chi connectivity index (χ0) is 13.8. The van der Waals surface area contributed by atoms with Crippen LogP contribution in [0.4, 0.5) is 0 Å². The average Bonchev–Trinajstić information content (AvgIpc) is 2.36. The van der Waals surface area contributed by atoms with Gasteiger partial charge in [-0.15, -0.1) is 18.0 Å². The van der Waals surface area contributed by atoms with Gasteiger partial charge in [0.1, 0.15) is 6.10 Å². The number of alkyl halides is 2. The lowest BCUT2D eigenvalue weighted by Crippen LogP contribution is -2.58. The molecule has 0 unspecified atom stereocenters. The van der Waals surface area contributed by atoms with E-state index < -0.39 is 0 Å². The highest BCUT2D eigenvalue weighted by atomic mass is 79.9. The Morgan fingerprint density at radius 1 is 1.37 bits per heavy atom. The number of fused-ring (bicyclic) bond motifs is 1. The van der Waals surface area contributed by atoms with Crippen LogP contribution in [0.2, 0.25) is 0 Å². The Kier molecular flexibility index (Phi) is 5.77. The maximum atomic E-state index is 6.37. The molecule has 0 spiro atoms. The van der Waals surface area contributed by atoms with E-state index in [2.05, 4.69) is 28.8 Å². The minimum Gasteiger partial charge on any atom is -0.369 e. The highest BCUT2D eigenvalue weighted by Gasteiger charge is 2.46. The van der Waals surface area contributed by atoms with E-state index in [4.69, 9.17) is 27.5 Å². The Bertz CT molecular complexity index is 366. The average molecular weight is 348 g/mol. The predicted molar refractivity (Wildman–Crippen MR) is 81.8 cm³/mol. The van der Waals surface area contributed by atoms with Crippen molar-refractivity contribution in [1.29, 1.82) is 0 Å². The molecule has 2 heterocycles. The molecule has 0 radical (unpaired) electrons. The van der Waals surface area contributed by atoms with Gasteiger partial charge in [-0.05, 0) is 31.8 Å². The van der Waals surface area contributed by atoms with Crippen molar-refractivity contribution in [2.24, 2.45) is 0 Å². The maximum absolute atomic E-state index is 6.37. The summed E-state index contributed by atoms with van der Waals surface area (Å²) in [5, 5.41) is 0.150. The summed E-state index contributed by atoms with van der Waals surface area (Å²) in [6, 6.07) is 0. The number of terminal acetylenes is 1. The maximum Gasteiger partial charge on any atom is 0.111 e. The Balaban J connectivity index is 1.98. The Morgan fingerprint density at radius 3 is 2.84 bits per heavy atom. The fraction of sp³-hybridized carbons (Fsp3) is 0.733. The minimum atomic E-state index is 0.116. The molecule has 0 N–H and O–H groups in total. The standard InChI is InChI=1S/C15H20BrClO2/c1-3-5-6-7-13-15-14(18-13)9-10(17)8-11(16)12(4-2)19-15/h1,5-6,10-15H,4,7-9H2,2H3/b6-5+/t10-,11-,12+,13+,14+,15+/m0/s1. The van der Waals surface area contributed by atoms with Gasteiger partial charge in [-0.3, -0.25) is 0 Å². The molecule has 2 aliphatic rings. The molecule has 106 valence electrons. The molecule has 19 heavy (non-hydrogen) atoms. The lowest BCUT2D eigenvalue weighted by molar-refractivity contribution is -0.259. The molecule has 2 saturated heterocycles. The molecule has 6 atom stereocenters. The van der Waals surface area contributed by atoms with Gasteiger partial charge < -0.3 is 9.47 Å². The first-order valence-corrected chi connectivity index (χ1v) is 8.21. The van der Waals surface area contributed by atoms with Gasteiger partial charge in [0.15, 0.2) is 0 Å². The van der Waals surface area contributed by atoms with Crippen LogP contribution in [0.15, 0.2) is 12.2 Å². The van der Waals surface area contributed by atoms with Gasteiger partial charge in [-0.25, -0.2) is 0 Å². The summed E-state index contributed by atoms with van der Waals surface area (Å²) in [7, 11) is 0. The summed E-state index contributed by atoms with van der Waals surface area (Å²) in [5.74, 6) is 2.49. The van der Waals surface area contributed by atoms with Crippen LogP contribution < -0.4 is 0 Å². The number of allylic oxidation sites excluding steroid dienone is 1. The molecule has 0 aromatic rings. The quantitative estimate of drug-likeness (QED) is 0.573. The van der Waals surface area contributed by atoms with Crippen LogP contribution >= 0.6 is 27.5 Å². The zero-order valence-electron chi connectivity index (χ0n) is 11.1. The van der Waals surface area contributed by atoms with E-state index in [9.17, 15) is 0 Å². The Labute approximate surface area is 129 Å². The van der Waals surface area contributed by atoms with Crippen molar-refractivity contribution >= 4 is 27.5 Å². The molecule has 0 amide bonds. The topological polar surface area (TPSA) is 18.5 Å². The zero-order valence-corrected chi connectivity index (χ0v) is 13.4. The van der Waals surface area contributed by atoms with E-state index in [1.807, 2.05) is 6.08 Å². The molecule has 2 nitrogen and oxygen atoms in total. The normalized spacial score (nSPS) is 42.8. The molecular formula is C15H20BrClO2. The smallest absolute Gasteiger partial charge is 0.111 e. The van der Waals surface area contributed by atoms with E-state index in [0.717, 1.165) is 25.7 Å². The summed E-state index contributed by atoms with van der Waals surface area (Å²) in [6.07, 6.45) is 13.1. The monoisotopic (exact) mass is 346 g/mol. The molecule has 2 rings (SSSR count). The fourth-order valence-electron chi connectivity index (χ4n) is 2.74. The molecule has 0 aliphatic carbocycles. The lowest BCUT2D eigenvalue weighted by Gasteiger charge is -2.48. The van der Waals surface area contributed by atoms with E-state index in [0.29, 0.717) is 4.83 Å². The molecule has 4 heteroatoms. The van der Waals surface area contributed by atoms with Crippen molar-refractivity contribution in [3.8, 4) is 12.3 Å². The SMILES string of the molecule is C#C/C=C/C[C@H]1O[C@@H]2C[C@@H](Cl)C[C@H](Br)[C@@H](CC)O[C@H]12. The van der Waals surface area contributed by atoms with Crippen LogP contribution in [0, 0.1) is 12.3 Å². The van der Waals surface area contributed by atoms with Gasteiger partial charge in [0.2, 0.25) is 0 Å². The first kappa shape index (κ1) is 15.4. The summed E-state index contributed by atoms with van der Waals surface area (Å²) in [4.78, 5) is 0.323. The molecule has 2 fully saturated rings. The van der Waals surface area contributed by atoms with Crippen LogP contribution in [-0.2, 0) is 9.47 Å². The van der Waals surface area contributed by atoms with Gasteiger partial charge in [0.25, 0.3) is 0 Å². The highest BCUT2D eigenvalue weighted by molar-refractivity contribution is 9.09. The molecule has 2 aliphatic heterocycles. The summed E-state index contributed by atoms with van der Waals surface area (Å²) in [5.41, 5.74) is 0. The first-order valence-electron chi connectivity index (χ1n) is 6.85. The van der Waals surface area contributed by atoms with E-state index >= 15 is 0 Å². The van der Waals surface area contributed by atoms with Crippen LogP contribution in [0.25, 0.3) is 0 Å². The van der Waals surface area contributed by atoms with Crippen molar-refractivity contribution < 1.29 is 9.47 Å². The third-order valence-electron chi connectivity index (χ3n) is 3.77. The number of halogens is 2. The Morgan fingerprint density at radius 2 is 2.16 bits per heavy atom. The third-order valence-corrected chi connectivity index (χ3v) is 5.09. The highest BCUT2D eigenvalue weighted by Crippen LogP contribution is 2.38. The summed E-state index contributed by atoms with van der Waals surface area (Å²) >= 11 is 10.1. The van der Waals surface area contributed by atoms with Gasteiger partial charge in [0.05, 0.1) is 18.3 Å². The van der Waals surface area contributed by atoms with E-state index in [1.165, 1.54) is 0 Å². The second-order valence-electron chi connectivity index (χ2n) is 5.15. The minimum absolute atomic E-state index is 0.116. The van der Waals surface area contributed by atoms with Gasteiger partial charge in [0, 0.05) is 10.2 Å². The number of hydrogen-bond acceptors (Lipinski definition) is 2. The lowest BCUT2D eigenvalue weighted by atomic mass is 9.90. The molecule has 0 aromatic heterocycles. The fourth-order valence-corrected chi connectivity index (χ4v) is 4.27. The second kappa shape index (κ2) is 7.13. The van der Waals surface area contributed by atoms with Crippen molar-refractivity contribution in [2.45, 2.75) is 67.2 Å². The van der Waals surface area contributed by atoms with Gasteiger partial charge >= 0.3 is 0 Å². The van der Waals surface area contributed by atoms with Gasteiger partial charge in [-0.2, -0.15) is 0 Å². The van der Waals surface area contributed by atoms with Crippen LogP contribution in [0.1, 0.15) is 32.6 Å². The van der Waals surface area contributed by atoms with Crippen LogP contribution in [-0.4, -0.2) is 34.6 Å². The molecule has 0 aromatic carbocycles. The third kappa shape index (κ3) is 3.76. The van der Waals surface area contributed by atoms with Crippen LogP contribution in [0.5, 0.6) is 0 Å². The largest absolute Gasteiger partial charge is 0.369 e. The second-order valence-corrected chi connectivity index (χ2v) is 6.94. The molecule has 0 saturated carbocycles. The van der Waals surface area contributed by atoms with Crippen molar-refractivity contribution in [1.82, 2.24) is 0 Å². The predicted octanol–water partition coefficient (Wildman–Crippen LogP) is 3.66. The number of hydrogen-bond donors (Lipinski definition) is 0. The van der Waals surface area contributed by atoms with Crippen molar-refractivity contribution in [2.75, 3.05) is 0 Å². The first-order chi connectivity index (χ1) is 9.15. The van der Waals surface area contributed by atoms with E-state index in [1.54, 1.807) is 6.08 Å². The van der Waals surface area contributed by atoms with E-state index in [-0.39, 0.29) is 29.8 Å². The number of ether oxygens (including phenoxy) is 2. The van der Waals surface area contributed by atoms with Crippen molar-refractivity contribution in [3.63, 3.8) is 0 Å². The number of rotatable bonds is 3. The Hall–Kier alpha value is -0.0100. The van der Waals surface area contributed by atoms with Gasteiger partial charge in [-0.1, -0.05) is 34.9 Å². The van der Waals surface area contributed by atoms with Crippen LogP contribution in [0.3, 0.4) is 0 Å². The summed E-state index contributed by atoms with van der Waals surface area (Å²) < 4.78 is 12.1. The molecular weight excluding hydrogens is 328 g/mol.